The van der Waals surface area contributed by atoms with Crippen molar-refractivity contribution in [3.63, 3.8) is 0 Å². The highest BCUT2D eigenvalue weighted by molar-refractivity contribution is 5.74. The summed E-state index contributed by atoms with van der Waals surface area (Å²) in [5, 5.41) is 12.2. The van der Waals surface area contributed by atoms with Crippen molar-refractivity contribution in [3.8, 4) is 0 Å². The Labute approximate surface area is 85.3 Å². The molecule has 82 valence electrons. The molecule has 1 fully saturated rings. The summed E-state index contributed by atoms with van der Waals surface area (Å²) >= 11 is 0. The number of aliphatic hydroxyl groups is 1. The molecule has 2 amide bonds. The topological polar surface area (TPSA) is 52.6 Å². The van der Waals surface area contributed by atoms with E-state index in [2.05, 4.69) is 5.32 Å². The number of urea groups is 1. The minimum atomic E-state index is -0.397. The maximum Gasteiger partial charge on any atom is 0.317 e. The standard InChI is InChI=1S/C10H20N2O2/c1-2-5-9(13)8-11-10(14)12-6-3-4-7-12/h9,13H,2-8H2,1H3,(H,11,14). The fourth-order valence-electron chi connectivity index (χ4n) is 1.67. The van der Waals surface area contributed by atoms with E-state index in [9.17, 15) is 9.90 Å². The number of nitrogens with zero attached hydrogens (tertiary/aromatic N) is 1. The first-order chi connectivity index (χ1) is 6.74. The molecule has 4 nitrogen and oxygen atoms in total. The van der Waals surface area contributed by atoms with Crippen molar-refractivity contribution < 1.29 is 9.90 Å². The van der Waals surface area contributed by atoms with Crippen molar-refractivity contribution in [1.29, 1.82) is 0 Å². The molecule has 1 aliphatic heterocycles. The SMILES string of the molecule is CCCC(O)CNC(=O)N1CCCC1. The van der Waals surface area contributed by atoms with Gasteiger partial charge in [-0.1, -0.05) is 13.3 Å². The number of nitrogens with one attached hydrogen (secondary N) is 1. The van der Waals surface area contributed by atoms with E-state index in [0.29, 0.717) is 6.54 Å². The van der Waals surface area contributed by atoms with Gasteiger partial charge in [-0.2, -0.15) is 0 Å². The number of rotatable bonds is 4. The number of hydrogen-bond acceptors (Lipinski definition) is 2. The summed E-state index contributed by atoms with van der Waals surface area (Å²) in [5.41, 5.74) is 0. The Balaban J connectivity index is 2.13. The lowest BCUT2D eigenvalue weighted by Crippen LogP contribution is -2.41. The molecular formula is C10H20N2O2. The van der Waals surface area contributed by atoms with Crippen LogP contribution in [0.5, 0.6) is 0 Å². The summed E-state index contributed by atoms with van der Waals surface area (Å²) in [4.78, 5) is 13.3. The minimum absolute atomic E-state index is 0.0300. The van der Waals surface area contributed by atoms with Gasteiger partial charge >= 0.3 is 6.03 Å². The summed E-state index contributed by atoms with van der Waals surface area (Å²) in [7, 11) is 0. The van der Waals surface area contributed by atoms with E-state index < -0.39 is 6.10 Å². The Morgan fingerprint density at radius 1 is 1.50 bits per heavy atom. The average molecular weight is 200 g/mol. The van der Waals surface area contributed by atoms with Gasteiger partial charge in [-0.25, -0.2) is 4.79 Å². The highest BCUT2D eigenvalue weighted by atomic mass is 16.3. The van der Waals surface area contributed by atoms with Crippen molar-refractivity contribution in [2.24, 2.45) is 0 Å². The number of amides is 2. The van der Waals surface area contributed by atoms with Crippen LogP contribution in [0.4, 0.5) is 4.79 Å². The van der Waals surface area contributed by atoms with Crippen LogP contribution >= 0.6 is 0 Å². The first-order valence-electron chi connectivity index (χ1n) is 5.45. The van der Waals surface area contributed by atoms with Gasteiger partial charge in [-0.15, -0.1) is 0 Å². The van der Waals surface area contributed by atoms with Gasteiger partial charge in [0.05, 0.1) is 6.10 Å². The van der Waals surface area contributed by atoms with Crippen LogP contribution in [0.2, 0.25) is 0 Å². The number of aliphatic hydroxyl groups excluding tert-OH is 1. The summed E-state index contributed by atoms with van der Waals surface area (Å²) in [6.07, 6.45) is 3.50. The molecule has 14 heavy (non-hydrogen) atoms. The number of likely N-dealkylation sites (tertiary alicyclic amines) is 1. The van der Waals surface area contributed by atoms with E-state index >= 15 is 0 Å². The van der Waals surface area contributed by atoms with Crippen LogP contribution in [-0.2, 0) is 0 Å². The lowest BCUT2D eigenvalue weighted by atomic mass is 10.2. The second kappa shape index (κ2) is 5.86. The molecule has 0 aliphatic carbocycles. The predicted octanol–water partition coefficient (Wildman–Crippen LogP) is 0.953. The third kappa shape index (κ3) is 3.54. The third-order valence-electron chi connectivity index (χ3n) is 2.50. The van der Waals surface area contributed by atoms with Crippen LogP contribution in [0.1, 0.15) is 32.6 Å². The zero-order valence-electron chi connectivity index (χ0n) is 8.83. The van der Waals surface area contributed by atoms with Gasteiger partial charge in [0.2, 0.25) is 0 Å². The Kier molecular flexibility index (Phi) is 4.73. The molecule has 0 radical (unpaired) electrons. The molecule has 1 heterocycles. The zero-order chi connectivity index (χ0) is 10.4. The van der Waals surface area contributed by atoms with Gasteiger partial charge in [0.15, 0.2) is 0 Å². The largest absolute Gasteiger partial charge is 0.391 e. The summed E-state index contributed by atoms with van der Waals surface area (Å²) < 4.78 is 0. The Bertz CT molecular complexity index is 179. The lowest BCUT2D eigenvalue weighted by molar-refractivity contribution is 0.154. The fraction of sp³-hybridized carbons (Fsp3) is 0.900. The van der Waals surface area contributed by atoms with Gasteiger partial charge in [0, 0.05) is 19.6 Å². The van der Waals surface area contributed by atoms with E-state index in [1.165, 1.54) is 0 Å². The van der Waals surface area contributed by atoms with Gasteiger partial charge in [0.25, 0.3) is 0 Å². The van der Waals surface area contributed by atoms with E-state index in [1.54, 1.807) is 4.90 Å². The molecule has 0 aromatic heterocycles. The molecule has 1 unspecified atom stereocenters. The van der Waals surface area contributed by atoms with E-state index in [-0.39, 0.29) is 6.03 Å². The molecular weight excluding hydrogens is 180 g/mol. The van der Waals surface area contributed by atoms with Gasteiger partial charge in [-0.3, -0.25) is 0 Å². The highest BCUT2D eigenvalue weighted by Crippen LogP contribution is 2.06. The lowest BCUT2D eigenvalue weighted by Gasteiger charge is -2.17. The van der Waals surface area contributed by atoms with Gasteiger partial charge < -0.3 is 15.3 Å². The van der Waals surface area contributed by atoms with Crippen molar-refractivity contribution in [1.82, 2.24) is 10.2 Å². The quantitative estimate of drug-likeness (QED) is 0.710. The predicted molar refractivity (Wildman–Crippen MR) is 55.1 cm³/mol. The second-order valence-electron chi connectivity index (χ2n) is 3.82. The van der Waals surface area contributed by atoms with Crippen LogP contribution in [-0.4, -0.2) is 41.8 Å². The van der Waals surface area contributed by atoms with Crippen molar-refractivity contribution >= 4 is 6.03 Å². The van der Waals surface area contributed by atoms with Crippen molar-refractivity contribution in [2.45, 2.75) is 38.7 Å². The Morgan fingerprint density at radius 2 is 2.14 bits per heavy atom. The third-order valence-corrected chi connectivity index (χ3v) is 2.50. The van der Waals surface area contributed by atoms with Crippen LogP contribution in [0.3, 0.4) is 0 Å². The molecule has 0 saturated carbocycles. The zero-order valence-corrected chi connectivity index (χ0v) is 8.83. The number of hydrogen-bond donors (Lipinski definition) is 2. The molecule has 0 aromatic carbocycles. The molecule has 0 bridgehead atoms. The second-order valence-corrected chi connectivity index (χ2v) is 3.82. The normalized spacial score (nSPS) is 18.3. The monoisotopic (exact) mass is 200 g/mol. The van der Waals surface area contributed by atoms with Crippen LogP contribution in [0.15, 0.2) is 0 Å². The molecule has 2 N–H and O–H groups in total. The summed E-state index contributed by atoms with van der Waals surface area (Å²) in [5.74, 6) is 0. The summed E-state index contributed by atoms with van der Waals surface area (Å²) in [6.45, 7) is 4.11. The minimum Gasteiger partial charge on any atom is -0.391 e. The number of carbonyl (C=O) groups is 1. The maximum atomic E-state index is 11.5. The molecule has 1 rings (SSSR count). The Hall–Kier alpha value is -0.770. The van der Waals surface area contributed by atoms with Crippen LogP contribution < -0.4 is 5.32 Å². The summed E-state index contributed by atoms with van der Waals surface area (Å²) in [6, 6.07) is -0.0300. The molecule has 0 spiro atoms. The molecule has 1 saturated heterocycles. The fourth-order valence-corrected chi connectivity index (χ4v) is 1.67. The smallest absolute Gasteiger partial charge is 0.317 e. The maximum absolute atomic E-state index is 11.5. The Morgan fingerprint density at radius 3 is 2.71 bits per heavy atom. The highest BCUT2D eigenvalue weighted by Gasteiger charge is 2.17. The van der Waals surface area contributed by atoms with E-state index in [1.807, 2.05) is 6.92 Å². The van der Waals surface area contributed by atoms with Crippen LogP contribution in [0, 0.1) is 0 Å². The van der Waals surface area contributed by atoms with E-state index in [0.717, 1.165) is 38.8 Å². The van der Waals surface area contributed by atoms with E-state index in [4.69, 9.17) is 0 Å². The van der Waals surface area contributed by atoms with Crippen molar-refractivity contribution in [3.05, 3.63) is 0 Å². The van der Waals surface area contributed by atoms with Crippen LogP contribution in [0.25, 0.3) is 0 Å². The van der Waals surface area contributed by atoms with Crippen molar-refractivity contribution in [2.75, 3.05) is 19.6 Å². The molecule has 1 aliphatic rings. The molecule has 1 atom stereocenters. The van der Waals surface area contributed by atoms with Gasteiger partial charge in [0.1, 0.15) is 0 Å². The molecule has 0 aromatic rings. The first kappa shape index (κ1) is 11.3. The first-order valence-corrected chi connectivity index (χ1v) is 5.45. The molecule has 4 heteroatoms. The average Bonchev–Trinajstić information content (AvgIpc) is 2.67. The number of carbonyl (C=O) groups excluding carboxylic acids is 1. The van der Waals surface area contributed by atoms with Gasteiger partial charge in [-0.05, 0) is 19.3 Å².